The molecule has 0 amide bonds. The fourth-order valence-corrected chi connectivity index (χ4v) is 2.71. The quantitative estimate of drug-likeness (QED) is 0.631. The molecule has 0 aliphatic carbocycles. The van der Waals surface area contributed by atoms with Crippen LogP contribution in [0.5, 0.6) is 0 Å². The minimum atomic E-state index is -0.477. The first-order valence-corrected chi connectivity index (χ1v) is 7.08. The molecule has 2 aromatic rings. The third kappa shape index (κ3) is 2.50. The summed E-state index contributed by atoms with van der Waals surface area (Å²) < 4.78 is 5.13. The van der Waals surface area contributed by atoms with Gasteiger partial charge in [0.1, 0.15) is 5.69 Å². The Morgan fingerprint density at radius 2 is 2.25 bits per heavy atom. The number of cyclic esters (lactones) is 1. The lowest BCUT2D eigenvalue weighted by Gasteiger charge is -1.97. The Morgan fingerprint density at radius 1 is 1.40 bits per heavy atom. The maximum absolute atomic E-state index is 11.8. The lowest BCUT2D eigenvalue weighted by Crippen LogP contribution is -2.06. The molecule has 20 heavy (non-hydrogen) atoms. The highest BCUT2D eigenvalue weighted by Gasteiger charge is 2.25. The van der Waals surface area contributed by atoms with Gasteiger partial charge in [0.05, 0.1) is 0 Å². The highest BCUT2D eigenvalue weighted by Crippen LogP contribution is 2.23. The maximum Gasteiger partial charge on any atom is 0.363 e. The number of esters is 1. The average Bonchev–Trinajstić information content (AvgIpc) is 2.98. The van der Waals surface area contributed by atoms with Crippen molar-refractivity contribution in [1.29, 1.82) is 0 Å². The van der Waals surface area contributed by atoms with Crippen LogP contribution < -0.4 is 0 Å². The van der Waals surface area contributed by atoms with E-state index in [2.05, 4.69) is 9.98 Å². The predicted molar refractivity (Wildman–Crippen MR) is 78.9 cm³/mol. The van der Waals surface area contributed by atoms with E-state index in [0.29, 0.717) is 10.7 Å². The molecule has 0 N–H and O–H groups in total. The molecule has 2 aromatic heterocycles. The first-order chi connectivity index (χ1) is 9.63. The first kappa shape index (κ1) is 13.0. The molecule has 1 aliphatic rings. The van der Waals surface area contributed by atoms with Gasteiger partial charge in [-0.2, -0.15) is 0 Å². The Kier molecular flexibility index (Phi) is 3.38. The molecule has 0 saturated heterocycles. The zero-order valence-electron chi connectivity index (χ0n) is 10.5. The van der Waals surface area contributed by atoms with Gasteiger partial charge in [-0.3, -0.25) is 4.98 Å². The van der Waals surface area contributed by atoms with E-state index in [-0.39, 0.29) is 11.6 Å². The highest BCUT2D eigenvalue weighted by molar-refractivity contribution is 7.11. The third-order valence-electron chi connectivity index (χ3n) is 2.73. The van der Waals surface area contributed by atoms with Crippen LogP contribution in [0.15, 0.2) is 40.5 Å². The van der Waals surface area contributed by atoms with E-state index < -0.39 is 5.97 Å². The number of aliphatic imine (C=N–C) groups is 1. The summed E-state index contributed by atoms with van der Waals surface area (Å²) in [7, 11) is 0. The minimum absolute atomic E-state index is 0.179. The van der Waals surface area contributed by atoms with Crippen LogP contribution in [0, 0.1) is 6.92 Å². The number of hydrogen-bond donors (Lipinski definition) is 0. The van der Waals surface area contributed by atoms with E-state index in [1.54, 1.807) is 35.7 Å². The van der Waals surface area contributed by atoms with Gasteiger partial charge in [0.15, 0.2) is 5.70 Å². The summed E-state index contributed by atoms with van der Waals surface area (Å²) in [5, 5.41) is 2.48. The van der Waals surface area contributed by atoms with Gasteiger partial charge in [-0.15, -0.1) is 11.3 Å². The van der Waals surface area contributed by atoms with Crippen molar-refractivity contribution in [3.8, 4) is 0 Å². The zero-order valence-corrected chi connectivity index (χ0v) is 12.0. The van der Waals surface area contributed by atoms with Gasteiger partial charge < -0.3 is 4.74 Å². The molecule has 1 aliphatic heterocycles. The molecule has 4 nitrogen and oxygen atoms in total. The molecule has 3 heterocycles. The fourth-order valence-electron chi connectivity index (χ4n) is 1.70. The molecule has 0 fully saturated rings. The number of aryl methyl sites for hydroxylation is 1. The van der Waals surface area contributed by atoms with Crippen molar-refractivity contribution < 1.29 is 9.53 Å². The van der Waals surface area contributed by atoms with Gasteiger partial charge in [-0.25, -0.2) is 9.79 Å². The number of nitrogens with zero attached hydrogens (tertiary/aromatic N) is 2. The summed E-state index contributed by atoms with van der Waals surface area (Å²) in [5.74, 6) is -0.299. The summed E-state index contributed by atoms with van der Waals surface area (Å²) >= 11 is 7.43. The van der Waals surface area contributed by atoms with E-state index in [1.807, 2.05) is 18.4 Å². The number of pyridine rings is 1. The Balaban J connectivity index is 1.97. The van der Waals surface area contributed by atoms with Crippen molar-refractivity contribution in [2.45, 2.75) is 6.92 Å². The Hall–Kier alpha value is -1.98. The van der Waals surface area contributed by atoms with Crippen molar-refractivity contribution >= 4 is 40.9 Å². The molecule has 0 unspecified atom stereocenters. The van der Waals surface area contributed by atoms with Gasteiger partial charge in [-0.1, -0.05) is 11.6 Å². The molecule has 0 aromatic carbocycles. The Bertz CT molecular complexity index is 749. The number of rotatable bonds is 2. The number of thiophene rings is 1. The predicted octanol–water partition coefficient (Wildman–Crippen LogP) is 3.45. The van der Waals surface area contributed by atoms with Gasteiger partial charge >= 0.3 is 5.97 Å². The molecular weight excluding hydrogens is 296 g/mol. The number of carbonyl (C=O) groups is 1. The van der Waals surface area contributed by atoms with Gasteiger partial charge in [0, 0.05) is 16.1 Å². The summed E-state index contributed by atoms with van der Waals surface area (Å²) in [6.45, 7) is 1.98. The first-order valence-electron chi connectivity index (χ1n) is 5.82. The van der Waals surface area contributed by atoms with Crippen LogP contribution in [-0.4, -0.2) is 16.9 Å². The van der Waals surface area contributed by atoms with Crippen molar-refractivity contribution in [3.63, 3.8) is 0 Å². The summed E-state index contributed by atoms with van der Waals surface area (Å²) in [4.78, 5) is 21.1. The molecular formula is C14H9ClN2O2S. The van der Waals surface area contributed by atoms with Crippen LogP contribution in [0.2, 0.25) is 5.02 Å². The number of hydrogen-bond acceptors (Lipinski definition) is 5. The van der Waals surface area contributed by atoms with Crippen LogP contribution >= 0.6 is 22.9 Å². The summed E-state index contributed by atoms with van der Waals surface area (Å²) in [6, 6.07) is 5.24. The van der Waals surface area contributed by atoms with E-state index in [9.17, 15) is 4.79 Å². The highest BCUT2D eigenvalue weighted by atomic mass is 35.5. The van der Waals surface area contributed by atoms with Crippen LogP contribution in [0.25, 0.3) is 6.08 Å². The summed E-state index contributed by atoms with van der Waals surface area (Å²) in [6.07, 6.45) is 3.26. The number of ether oxygens (including phenoxy) is 1. The van der Waals surface area contributed by atoms with E-state index in [4.69, 9.17) is 16.3 Å². The lowest BCUT2D eigenvalue weighted by atomic mass is 10.2. The van der Waals surface area contributed by atoms with Crippen LogP contribution in [0.4, 0.5) is 0 Å². The van der Waals surface area contributed by atoms with E-state index in [0.717, 1.165) is 10.4 Å². The molecule has 0 radical (unpaired) electrons. The smallest absolute Gasteiger partial charge is 0.363 e. The number of halogens is 1. The fraction of sp³-hybridized carbons (Fsp3) is 0.0714. The normalized spacial score (nSPS) is 16.4. The second kappa shape index (κ2) is 5.19. The van der Waals surface area contributed by atoms with Crippen LogP contribution in [0.1, 0.15) is 16.1 Å². The van der Waals surface area contributed by atoms with Crippen molar-refractivity contribution in [1.82, 2.24) is 4.98 Å². The second-order valence-corrected chi connectivity index (χ2v) is 5.55. The van der Waals surface area contributed by atoms with E-state index >= 15 is 0 Å². The topological polar surface area (TPSA) is 51.6 Å². The van der Waals surface area contributed by atoms with Crippen LogP contribution in [-0.2, 0) is 9.53 Å². The van der Waals surface area contributed by atoms with Crippen molar-refractivity contribution in [2.75, 3.05) is 0 Å². The molecule has 100 valence electrons. The zero-order chi connectivity index (χ0) is 14.1. The van der Waals surface area contributed by atoms with Crippen LogP contribution in [0.3, 0.4) is 0 Å². The summed E-state index contributed by atoms with van der Waals surface area (Å²) in [5.41, 5.74) is 1.81. The second-order valence-electron chi connectivity index (χ2n) is 4.16. The Labute approximate surface area is 124 Å². The maximum atomic E-state index is 11.8. The molecule has 0 atom stereocenters. The largest absolute Gasteiger partial charge is 0.400 e. The average molecular weight is 305 g/mol. The minimum Gasteiger partial charge on any atom is -0.400 e. The standard InChI is InChI=1S/C14H9ClN2O2S/c1-8-3-5-20-12(8)7-11-14(18)19-13(17-11)10-6-9(15)2-4-16-10/h2-7H,1H3/b11-7-. The SMILES string of the molecule is Cc1ccsc1/C=C1\N=C(c2cc(Cl)ccn2)OC1=O. The van der Waals surface area contributed by atoms with Gasteiger partial charge in [0.25, 0.3) is 0 Å². The monoisotopic (exact) mass is 304 g/mol. The Morgan fingerprint density at radius 3 is 2.95 bits per heavy atom. The lowest BCUT2D eigenvalue weighted by molar-refractivity contribution is -0.129. The molecule has 0 spiro atoms. The van der Waals surface area contributed by atoms with Gasteiger partial charge in [-0.05, 0) is 42.1 Å². The van der Waals surface area contributed by atoms with Gasteiger partial charge in [0.2, 0.25) is 5.90 Å². The molecule has 3 rings (SSSR count). The number of carbonyl (C=O) groups excluding carboxylic acids is 1. The van der Waals surface area contributed by atoms with E-state index in [1.165, 1.54) is 0 Å². The molecule has 0 bridgehead atoms. The number of aromatic nitrogens is 1. The van der Waals surface area contributed by atoms with Crippen molar-refractivity contribution in [3.05, 3.63) is 56.6 Å². The van der Waals surface area contributed by atoms with Crippen molar-refractivity contribution in [2.24, 2.45) is 4.99 Å². The molecule has 6 heteroatoms. The third-order valence-corrected chi connectivity index (χ3v) is 3.93. The molecule has 0 saturated carbocycles.